The summed E-state index contributed by atoms with van der Waals surface area (Å²) < 4.78 is 21.3. The van der Waals surface area contributed by atoms with E-state index < -0.39 is 0 Å². The van der Waals surface area contributed by atoms with E-state index in [1.807, 2.05) is 22.8 Å². The smallest absolute Gasteiger partial charge is 0.229 e. The van der Waals surface area contributed by atoms with Gasteiger partial charge in [0.2, 0.25) is 5.91 Å². The van der Waals surface area contributed by atoms with Gasteiger partial charge in [0.15, 0.2) is 0 Å². The number of nitrogens with one attached hydrogen (secondary N) is 2. The van der Waals surface area contributed by atoms with Gasteiger partial charge < -0.3 is 19.9 Å². The van der Waals surface area contributed by atoms with Crippen molar-refractivity contribution in [3.8, 4) is 16.9 Å². The Morgan fingerprint density at radius 2 is 2.14 bits per heavy atom. The number of halogens is 2. The van der Waals surface area contributed by atoms with Crippen LogP contribution in [0.1, 0.15) is 18.4 Å². The van der Waals surface area contributed by atoms with Gasteiger partial charge in [-0.25, -0.2) is 14.4 Å². The minimum Gasteiger partial charge on any atom is -0.496 e. The van der Waals surface area contributed by atoms with Crippen LogP contribution < -0.4 is 15.4 Å². The van der Waals surface area contributed by atoms with Crippen molar-refractivity contribution in [2.75, 3.05) is 25.5 Å². The lowest BCUT2D eigenvalue weighted by Gasteiger charge is -2.21. The van der Waals surface area contributed by atoms with Crippen LogP contribution in [0.25, 0.3) is 22.2 Å². The Bertz CT molecular complexity index is 1380. The molecule has 1 atom stereocenters. The third kappa shape index (κ3) is 4.99. The molecule has 1 aliphatic heterocycles. The predicted octanol–water partition coefficient (Wildman–Crippen LogP) is 4.89. The summed E-state index contributed by atoms with van der Waals surface area (Å²) in [6.07, 6.45) is 5.06. The molecule has 2 aromatic heterocycles. The predicted molar refractivity (Wildman–Crippen MR) is 134 cm³/mol. The van der Waals surface area contributed by atoms with Gasteiger partial charge in [-0.05, 0) is 49.2 Å². The zero-order valence-electron chi connectivity index (χ0n) is 19.2. The van der Waals surface area contributed by atoms with E-state index in [9.17, 15) is 9.18 Å². The second-order valence-corrected chi connectivity index (χ2v) is 9.03. The molecule has 0 saturated carbocycles. The van der Waals surface area contributed by atoms with Gasteiger partial charge in [0.25, 0.3) is 0 Å². The van der Waals surface area contributed by atoms with Gasteiger partial charge >= 0.3 is 0 Å². The van der Waals surface area contributed by atoms with E-state index in [0.717, 1.165) is 41.5 Å². The van der Waals surface area contributed by atoms with Crippen LogP contribution in [0.4, 0.5) is 10.2 Å². The maximum atomic E-state index is 13.7. The van der Waals surface area contributed by atoms with Crippen LogP contribution in [0.2, 0.25) is 5.02 Å². The zero-order valence-corrected chi connectivity index (χ0v) is 20.0. The average Bonchev–Trinajstić information content (AvgIpc) is 3.26. The molecular formula is C26H25ClFN5O2. The zero-order chi connectivity index (χ0) is 24.4. The van der Waals surface area contributed by atoms with Gasteiger partial charge in [-0.2, -0.15) is 0 Å². The Balaban J connectivity index is 1.50. The molecule has 2 aromatic carbocycles. The van der Waals surface area contributed by atoms with E-state index in [0.29, 0.717) is 35.2 Å². The number of imidazole rings is 1. The van der Waals surface area contributed by atoms with E-state index in [4.69, 9.17) is 16.3 Å². The molecule has 0 bridgehead atoms. The average molecular weight is 494 g/mol. The molecule has 1 amide bonds. The number of rotatable bonds is 6. The number of carbonyl (C=O) groups excluding carboxylic acids is 1. The fraction of sp³-hybridized carbons (Fsp3) is 0.269. The number of piperidine rings is 1. The number of carbonyl (C=O) groups is 1. The van der Waals surface area contributed by atoms with Crippen LogP contribution in [-0.2, 0) is 11.3 Å². The second kappa shape index (κ2) is 10.0. The number of methoxy groups -OCH3 is 1. The molecule has 7 nitrogen and oxygen atoms in total. The Kier molecular flexibility index (Phi) is 6.66. The lowest BCUT2D eigenvalue weighted by molar-refractivity contribution is -0.120. The van der Waals surface area contributed by atoms with Crippen molar-refractivity contribution in [1.29, 1.82) is 0 Å². The molecule has 0 unspecified atom stereocenters. The van der Waals surface area contributed by atoms with Gasteiger partial charge in [-0.1, -0.05) is 23.7 Å². The standard InChI is InChI=1S/C26H25ClFN5O2/c1-35-24-11-22-23(33(15-31-22)14-16-4-2-6-18(28)8-16)9-20(24)19-10-25(30-13-21(19)27)32-26(34)17-5-3-7-29-12-17/h2,4,6,8-11,13,15,17,29H,3,5,7,12,14H2,1H3,(H,30,32,34)/t17-/m1/s1. The van der Waals surface area contributed by atoms with E-state index in [-0.39, 0.29) is 17.6 Å². The highest BCUT2D eigenvalue weighted by Gasteiger charge is 2.22. The molecule has 1 aliphatic rings. The molecule has 1 fully saturated rings. The SMILES string of the molecule is COc1cc2ncn(Cc3cccc(F)c3)c2cc1-c1cc(NC(=O)[C@@H]2CCCNC2)ncc1Cl. The maximum absolute atomic E-state index is 13.7. The van der Waals surface area contributed by atoms with Gasteiger partial charge in [0, 0.05) is 36.5 Å². The highest BCUT2D eigenvalue weighted by atomic mass is 35.5. The number of amides is 1. The number of nitrogens with zero attached hydrogens (tertiary/aromatic N) is 3. The number of aromatic nitrogens is 3. The molecule has 5 rings (SSSR count). The molecular weight excluding hydrogens is 469 g/mol. The van der Waals surface area contributed by atoms with Crippen LogP contribution in [0.15, 0.2) is 55.0 Å². The molecule has 1 saturated heterocycles. The molecule has 35 heavy (non-hydrogen) atoms. The summed E-state index contributed by atoms with van der Waals surface area (Å²) in [5.41, 5.74) is 3.83. The van der Waals surface area contributed by atoms with Gasteiger partial charge in [-0.3, -0.25) is 4.79 Å². The largest absolute Gasteiger partial charge is 0.496 e. The second-order valence-electron chi connectivity index (χ2n) is 8.63. The Labute approximate surface area is 207 Å². The van der Waals surface area contributed by atoms with Gasteiger partial charge in [0.05, 0.1) is 35.4 Å². The monoisotopic (exact) mass is 493 g/mol. The summed E-state index contributed by atoms with van der Waals surface area (Å²) in [5, 5.41) is 6.61. The third-order valence-corrected chi connectivity index (χ3v) is 6.55. The number of anilines is 1. The molecule has 0 aliphatic carbocycles. The normalized spacial score (nSPS) is 15.8. The molecule has 9 heteroatoms. The summed E-state index contributed by atoms with van der Waals surface area (Å²) in [6.45, 7) is 2.05. The van der Waals surface area contributed by atoms with Crippen LogP contribution in [0.3, 0.4) is 0 Å². The highest BCUT2D eigenvalue weighted by Crippen LogP contribution is 2.38. The first-order valence-corrected chi connectivity index (χ1v) is 11.8. The maximum Gasteiger partial charge on any atom is 0.229 e. The Hall–Kier alpha value is -3.49. The van der Waals surface area contributed by atoms with Crippen molar-refractivity contribution >= 4 is 34.4 Å². The molecule has 4 aromatic rings. The molecule has 2 N–H and O–H groups in total. The molecule has 0 spiro atoms. The topological polar surface area (TPSA) is 81.1 Å². The van der Waals surface area contributed by atoms with Crippen LogP contribution in [0.5, 0.6) is 5.75 Å². The van der Waals surface area contributed by atoms with E-state index in [1.54, 1.807) is 25.6 Å². The minimum absolute atomic E-state index is 0.0615. The molecule has 180 valence electrons. The minimum atomic E-state index is -0.281. The van der Waals surface area contributed by atoms with E-state index in [2.05, 4.69) is 20.6 Å². The number of hydrogen-bond acceptors (Lipinski definition) is 5. The first-order chi connectivity index (χ1) is 17.0. The van der Waals surface area contributed by atoms with Crippen molar-refractivity contribution in [2.45, 2.75) is 19.4 Å². The summed E-state index contributed by atoms with van der Waals surface area (Å²) in [7, 11) is 1.59. The first kappa shape index (κ1) is 23.3. The van der Waals surface area contributed by atoms with Crippen molar-refractivity contribution in [2.24, 2.45) is 5.92 Å². The third-order valence-electron chi connectivity index (χ3n) is 6.25. The van der Waals surface area contributed by atoms with Crippen LogP contribution >= 0.6 is 11.6 Å². The molecule has 3 heterocycles. The van der Waals surface area contributed by atoms with Crippen molar-refractivity contribution in [3.63, 3.8) is 0 Å². The van der Waals surface area contributed by atoms with Gasteiger partial charge in [-0.15, -0.1) is 0 Å². The Morgan fingerprint density at radius 1 is 1.26 bits per heavy atom. The fourth-order valence-electron chi connectivity index (χ4n) is 4.44. The number of ether oxygens (including phenoxy) is 1. The van der Waals surface area contributed by atoms with Crippen LogP contribution in [0, 0.1) is 11.7 Å². The lowest BCUT2D eigenvalue weighted by Crippen LogP contribution is -2.37. The summed E-state index contributed by atoms with van der Waals surface area (Å²) in [4.78, 5) is 21.5. The summed E-state index contributed by atoms with van der Waals surface area (Å²) in [6, 6.07) is 12.0. The van der Waals surface area contributed by atoms with Crippen molar-refractivity contribution in [1.82, 2.24) is 19.9 Å². The number of pyridine rings is 1. The fourth-order valence-corrected chi connectivity index (χ4v) is 4.65. The quantitative estimate of drug-likeness (QED) is 0.400. The van der Waals surface area contributed by atoms with Gasteiger partial charge in [0.1, 0.15) is 17.4 Å². The lowest BCUT2D eigenvalue weighted by atomic mass is 9.99. The van der Waals surface area contributed by atoms with E-state index in [1.165, 1.54) is 18.3 Å². The van der Waals surface area contributed by atoms with Crippen molar-refractivity contribution < 1.29 is 13.9 Å². The summed E-state index contributed by atoms with van der Waals surface area (Å²) >= 11 is 6.55. The number of fused-ring (bicyclic) bond motifs is 1. The highest BCUT2D eigenvalue weighted by molar-refractivity contribution is 6.33. The van der Waals surface area contributed by atoms with E-state index >= 15 is 0 Å². The Morgan fingerprint density at radius 3 is 2.91 bits per heavy atom. The van der Waals surface area contributed by atoms with Crippen molar-refractivity contribution in [3.05, 3.63) is 71.4 Å². The number of hydrogen-bond donors (Lipinski definition) is 2. The number of benzene rings is 2. The van der Waals surface area contributed by atoms with Crippen LogP contribution in [-0.4, -0.2) is 40.6 Å². The molecule has 0 radical (unpaired) electrons. The first-order valence-electron chi connectivity index (χ1n) is 11.5. The summed E-state index contributed by atoms with van der Waals surface area (Å²) in [5.74, 6) is 0.587.